The third-order valence-electron chi connectivity index (χ3n) is 27.6. The van der Waals surface area contributed by atoms with Gasteiger partial charge in [-0.2, -0.15) is 0 Å². The van der Waals surface area contributed by atoms with E-state index in [0.29, 0.717) is 217 Å². The van der Waals surface area contributed by atoms with E-state index < -0.39 is 46.0 Å². The lowest BCUT2D eigenvalue weighted by atomic mass is 9.79. The highest BCUT2D eigenvalue weighted by molar-refractivity contribution is 6.34. The highest BCUT2D eigenvalue weighted by Gasteiger charge is 2.57. The topological polar surface area (TPSA) is 388 Å². The summed E-state index contributed by atoms with van der Waals surface area (Å²) in [6.45, 7) is 28.4. The van der Waals surface area contributed by atoms with Crippen molar-refractivity contribution in [2.45, 2.75) is 284 Å². The summed E-state index contributed by atoms with van der Waals surface area (Å²) in [6, 6.07) is 17.3. The molecule has 5 aromatic carbocycles. The quantitative estimate of drug-likeness (QED) is 0.0203. The molecule has 4 saturated carbocycles. The number of carbonyl (C=O) groups excluding carboxylic acids is 10. The highest BCUT2D eigenvalue weighted by atomic mass is 35.5. The van der Waals surface area contributed by atoms with Crippen LogP contribution in [0.4, 0.5) is 9.59 Å². The van der Waals surface area contributed by atoms with Crippen molar-refractivity contribution < 1.29 is 128 Å². The maximum absolute atomic E-state index is 13.3. The number of rotatable bonds is 31. The number of halogens is 5. The van der Waals surface area contributed by atoms with Crippen LogP contribution in [-0.4, -0.2) is 202 Å². The summed E-state index contributed by atoms with van der Waals surface area (Å²) in [5.41, 5.74) is 4.91. The number of esters is 3. The van der Waals surface area contributed by atoms with Crippen LogP contribution in [0, 0.1) is 18.8 Å². The largest absolute Gasteiger partial charge is 0.513 e. The standard InChI is InChI=1S/2C23H30ClNO6.C23H30ClNO5.C21H26ClNO6.C19H24ClNO4/c1-5-14-11-15(24)12-17(29-4)19(14)20-21(31-18(26)13-30-6-2)23(25-22(20)27)9-7-16(28-3)8-10-23;1-5-14-12-15(24)13-17(29-6-2)18(14)19-20(31-22(27)30-7-3)23(25-21(19)26)10-8-16(28-4)9-11-23;1-6-14-11-15(24)12-17(29-5)18(14)19-20(30-22(27)13(2)3)23(25-21(19)26)9-7-16(28-4)8-10-23;1-5-28-20(25)29-18-17(16-12(2)10-13(22)11-15(16)27-4)19(24)23-21(18)8-6-14(26-3)7-9-21;1-7-11-8-12(20)9-13(24-6)14(11)15-16(25-18(23)10(2)3)19(4,5)21-17(15)22/h11-12,16H,5-10,13H2,1-4H3,(H,25,27);12-13,16H,5-11H2,1-4H3,(H,25,26);11-13,16H,6-10H2,1-5H3,(H,25,26);10-11,14H,5-9H2,1-4H3,(H,23,24);8-10H,7H2,1-6H3,(H,21,22). The first-order valence-corrected chi connectivity index (χ1v) is 51.7. The zero-order chi connectivity index (χ0) is 107. The molecule has 5 amide bonds. The Morgan fingerprint density at radius 3 is 0.877 bits per heavy atom. The number of benzene rings is 5. The predicted molar refractivity (Wildman–Crippen MR) is 555 cm³/mol. The Labute approximate surface area is 880 Å². The van der Waals surface area contributed by atoms with Crippen LogP contribution in [0.15, 0.2) is 89.5 Å². The number of nitrogens with one attached hydrogen (secondary N) is 5. The molecule has 146 heavy (non-hydrogen) atoms. The minimum Gasteiger partial charge on any atom is -0.496 e. The van der Waals surface area contributed by atoms with Gasteiger partial charge in [-0.1, -0.05) is 113 Å². The first kappa shape index (κ1) is 117. The smallest absolute Gasteiger partial charge is 0.496 e. The van der Waals surface area contributed by atoms with Gasteiger partial charge < -0.3 is 107 Å². The molecule has 0 atom stereocenters. The zero-order valence-electron chi connectivity index (χ0n) is 87.8. The molecule has 4 aliphatic carbocycles. The van der Waals surface area contributed by atoms with E-state index in [4.69, 9.17) is 139 Å². The Morgan fingerprint density at radius 2 is 0.596 bits per heavy atom. The van der Waals surface area contributed by atoms with Crippen LogP contribution in [0.25, 0.3) is 27.9 Å². The number of ether oxygens (including phenoxy) is 17. The molecule has 5 aromatic rings. The van der Waals surface area contributed by atoms with Crippen molar-refractivity contribution in [3.05, 3.63) is 170 Å². The minimum absolute atomic E-state index is 0.108. The van der Waals surface area contributed by atoms with Crippen molar-refractivity contribution in [3.63, 3.8) is 0 Å². The van der Waals surface area contributed by atoms with Crippen LogP contribution in [0.2, 0.25) is 25.1 Å². The lowest BCUT2D eigenvalue weighted by molar-refractivity contribution is -0.146. The van der Waals surface area contributed by atoms with Crippen LogP contribution in [0.1, 0.15) is 255 Å². The van der Waals surface area contributed by atoms with Gasteiger partial charge in [0.25, 0.3) is 29.5 Å². The summed E-state index contributed by atoms with van der Waals surface area (Å²) in [5, 5.41) is 17.9. The number of hydrogen-bond donors (Lipinski definition) is 5. The van der Waals surface area contributed by atoms with Crippen molar-refractivity contribution >= 4 is 146 Å². The molecule has 798 valence electrons. The van der Waals surface area contributed by atoms with Crippen molar-refractivity contribution in [3.8, 4) is 28.7 Å². The third kappa shape index (κ3) is 26.4. The molecule has 5 aliphatic heterocycles. The molecular weight excluding hydrogens is 1990 g/mol. The number of aryl methyl sites for hydroxylation is 5. The molecule has 4 spiro atoms. The van der Waals surface area contributed by atoms with E-state index >= 15 is 0 Å². The summed E-state index contributed by atoms with van der Waals surface area (Å²) in [4.78, 5) is 128. The van der Waals surface area contributed by atoms with Gasteiger partial charge in [-0.05, 0) is 265 Å². The second-order valence-electron chi connectivity index (χ2n) is 37.8. The van der Waals surface area contributed by atoms with E-state index in [9.17, 15) is 47.9 Å². The molecule has 32 nitrogen and oxygen atoms in total. The second-order valence-corrected chi connectivity index (χ2v) is 40.0. The first-order chi connectivity index (χ1) is 69.5. The molecule has 9 aliphatic rings. The molecule has 5 N–H and O–H groups in total. The summed E-state index contributed by atoms with van der Waals surface area (Å²) >= 11 is 31.1. The molecule has 0 bridgehead atoms. The SMILES string of the molecule is CCOC(=O)OC1=C(c2c(C)cc(Cl)cc2OC)C(=O)NC12CCC(OC)CC2.CCOC(=O)OC1=C(c2c(CC)cc(Cl)cc2OCC)C(=O)NC12CCC(OC)CC2.CCOCC(=O)OC1=C(c2c(CC)cc(Cl)cc2OC)C(=O)NC12CCC(OC)CC2.CCc1cc(Cl)cc(OC)c1C1=C(OC(=O)C(C)C)C(C)(C)NC1=O.CCc1cc(Cl)cc(OC)c1C1=C(OC(=O)C(C)C)C2(CCC(OC)CC2)NC1=O. The van der Waals surface area contributed by atoms with Gasteiger partial charge in [0.2, 0.25) is 0 Å². The fourth-order valence-electron chi connectivity index (χ4n) is 20.1. The fourth-order valence-corrected chi connectivity index (χ4v) is 21.3. The zero-order valence-corrected chi connectivity index (χ0v) is 91.6. The van der Waals surface area contributed by atoms with Crippen molar-refractivity contribution in [2.24, 2.45) is 11.8 Å². The van der Waals surface area contributed by atoms with Gasteiger partial charge in [0.05, 0.1) is 140 Å². The molecule has 0 aromatic heterocycles. The Hall–Kier alpha value is -10.7. The minimum atomic E-state index is -0.838. The summed E-state index contributed by atoms with van der Waals surface area (Å²) in [5.74, 6) is 0.617. The summed E-state index contributed by atoms with van der Waals surface area (Å²) in [6.07, 6.45) is 12.2. The normalized spacial score (nSPS) is 22.3. The van der Waals surface area contributed by atoms with Crippen molar-refractivity contribution in [1.82, 2.24) is 26.6 Å². The molecule has 14 rings (SSSR count). The predicted octanol–water partition coefficient (Wildman–Crippen LogP) is 20.3. The molecular formula is C109H140Cl5N5O27. The maximum atomic E-state index is 13.3. The lowest BCUT2D eigenvalue weighted by Gasteiger charge is -2.38. The van der Waals surface area contributed by atoms with Gasteiger partial charge in [-0.25, -0.2) is 14.4 Å². The van der Waals surface area contributed by atoms with E-state index in [0.717, 1.165) is 79.2 Å². The van der Waals surface area contributed by atoms with Crippen LogP contribution < -0.4 is 50.3 Å². The molecule has 0 radical (unpaired) electrons. The fraction of sp³-hybridized carbons (Fsp3) is 0.541. The van der Waals surface area contributed by atoms with Crippen LogP contribution in [0.3, 0.4) is 0 Å². The van der Waals surface area contributed by atoms with E-state index in [1.807, 2.05) is 59.7 Å². The van der Waals surface area contributed by atoms with E-state index in [1.54, 1.807) is 140 Å². The van der Waals surface area contributed by atoms with Gasteiger partial charge in [-0.3, -0.25) is 33.6 Å². The third-order valence-corrected chi connectivity index (χ3v) is 28.7. The van der Waals surface area contributed by atoms with Crippen LogP contribution in [0.5, 0.6) is 28.7 Å². The summed E-state index contributed by atoms with van der Waals surface area (Å²) < 4.78 is 93.9. The Kier molecular flexibility index (Phi) is 41.8. The van der Waals surface area contributed by atoms with Crippen LogP contribution in [-0.2, 0) is 121 Å². The number of hydrogen-bond acceptors (Lipinski definition) is 27. The molecule has 4 fully saturated rings. The molecule has 0 saturated heterocycles. The van der Waals surface area contributed by atoms with Gasteiger partial charge in [-0.15, -0.1) is 0 Å². The maximum Gasteiger partial charge on any atom is 0.513 e. The highest BCUT2D eigenvalue weighted by Crippen LogP contribution is 2.54. The Balaban J connectivity index is 0.000000187. The van der Waals surface area contributed by atoms with E-state index in [2.05, 4.69) is 26.6 Å². The average molecular weight is 2130 g/mol. The number of amides is 5. The number of methoxy groups -OCH3 is 8. The Morgan fingerprint density at radius 1 is 0.336 bits per heavy atom. The lowest BCUT2D eigenvalue weighted by Crippen LogP contribution is -2.49. The van der Waals surface area contributed by atoms with E-state index in [-0.39, 0.29) is 109 Å². The first-order valence-electron chi connectivity index (χ1n) is 49.8. The van der Waals surface area contributed by atoms with Crippen LogP contribution >= 0.6 is 58.0 Å². The summed E-state index contributed by atoms with van der Waals surface area (Å²) in [7, 11) is 12.8. The number of carbonyl (C=O) groups is 10. The molecule has 0 unspecified atom stereocenters. The van der Waals surface area contributed by atoms with E-state index in [1.165, 1.54) is 21.3 Å². The van der Waals surface area contributed by atoms with Gasteiger partial charge >= 0.3 is 30.2 Å². The van der Waals surface area contributed by atoms with Crippen molar-refractivity contribution in [2.75, 3.05) is 89.9 Å². The Bertz CT molecular complexity index is 5750. The van der Waals surface area contributed by atoms with Gasteiger partial charge in [0.1, 0.15) is 52.6 Å². The molecule has 5 heterocycles. The van der Waals surface area contributed by atoms with Crippen molar-refractivity contribution in [1.29, 1.82) is 0 Å². The molecule has 37 heteroatoms. The van der Waals surface area contributed by atoms with Gasteiger partial charge in [0.15, 0.2) is 11.5 Å². The monoisotopic (exact) mass is 2130 g/mol. The average Bonchev–Trinajstić information content (AvgIpc) is 1.50. The second kappa shape index (κ2) is 52.0. The van der Waals surface area contributed by atoms with Gasteiger partial charge in [0, 0.05) is 88.0 Å².